The van der Waals surface area contributed by atoms with E-state index < -0.39 is 17.3 Å². The molecule has 0 atom stereocenters. The van der Waals surface area contributed by atoms with Gasteiger partial charge in [-0.05, 0) is 25.1 Å². The minimum Gasteiger partial charge on any atom is -0.478 e. The molecule has 3 aromatic rings. The minimum atomic E-state index is -1.32. The van der Waals surface area contributed by atoms with Gasteiger partial charge in [0.15, 0.2) is 5.82 Å². The molecule has 0 fully saturated rings. The molecule has 0 spiro atoms. The Morgan fingerprint density at radius 2 is 2.10 bits per heavy atom. The monoisotopic (exact) mass is 271 g/mol. The Bertz CT molecular complexity index is 826. The molecule has 0 amide bonds. The smallest absolute Gasteiger partial charge is 0.338 e. The molecule has 3 rings (SSSR count). The molecule has 6 heteroatoms. The molecule has 0 saturated carbocycles. The molecule has 5 nitrogen and oxygen atoms in total. The number of aromatic amines is 1. The van der Waals surface area contributed by atoms with Gasteiger partial charge in [0, 0.05) is 11.8 Å². The lowest BCUT2D eigenvalue weighted by Crippen LogP contribution is -1.99. The fourth-order valence-electron chi connectivity index (χ4n) is 1.99. The summed E-state index contributed by atoms with van der Waals surface area (Å²) in [5.74, 6) is -1.63. The number of hydrogen-bond donors (Lipinski definition) is 2. The first-order valence-corrected chi connectivity index (χ1v) is 5.91. The Morgan fingerprint density at radius 3 is 2.80 bits per heavy atom. The van der Waals surface area contributed by atoms with Crippen LogP contribution in [-0.2, 0) is 0 Å². The van der Waals surface area contributed by atoms with Gasteiger partial charge in [0.1, 0.15) is 11.5 Å². The normalized spacial score (nSPS) is 10.9. The van der Waals surface area contributed by atoms with Crippen molar-refractivity contribution in [2.45, 2.75) is 6.92 Å². The molecule has 100 valence electrons. The number of nitrogens with zero attached hydrogens (tertiary/aromatic N) is 2. The van der Waals surface area contributed by atoms with Crippen LogP contribution in [0.3, 0.4) is 0 Å². The number of carbonyl (C=O) groups is 1. The van der Waals surface area contributed by atoms with Gasteiger partial charge in [-0.1, -0.05) is 6.07 Å². The highest BCUT2D eigenvalue weighted by molar-refractivity contribution is 5.93. The number of nitrogens with one attached hydrogen (secondary N) is 1. The summed E-state index contributed by atoms with van der Waals surface area (Å²) < 4.78 is 13.6. The summed E-state index contributed by atoms with van der Waals surface area (Å²) in [6.45, 7) is 1.86. The summed E-state index contributed by atoms with van der Waals surface area (Å²) in [7, 11) is 0. The van der Waals surface area contributed by atoms with Gasteiger partial charge < -0.3 is 10.1 Å². The van der Waals surface area contributed by atoms with Crippen molar-refractivity contribution in [1.29, 1.82) is 0 Å². The first-order chi connectivity index (χ1) is 9.54. The Morgan fingerprint density at radius 1 is 1.30 bits per heavy atom. The number of carboxylic acid groups (broad SMARTS) is 1. The van der Waals surface area contributed by atoms with E-state index in [0.717, 1.165) is 11.8 Å². The van der Waals surface area contributed by atoms with Crippen LogP contribution in [0.15, 0.2) is 30.3 Å². The number of carboxylic acids is 1. The molecule has 0 bridgehead atoms. The van der Waals surface area contributed by atoms with Crippen molar-refractivity contribution in [3.63, 3.8) is 0 Å². The van der Waals surface area contributed by atoms with E-state index in [1.165, 1.54) is 6.07 Å². The zero-order valence-electron chi connectivity index (χ0n) is 10.5. The first-order valence-electron chi connectivity index (χ1n) is 5.91. The van der Waals surface area contributed by atoms with Gasteiger partial charge in [-0.3, -0.25) is 0 Å². The van der Waals surface area contributed by atoms with Crippen LogP contribution in [0.25, 0.3) is 22.6 Å². The van der Waals surface area contributed by atoms with Crippen molar-refractivity contribution < 1.29 is 14.3 Å². The summed E-state index contributed by atoms with van der Waals surface area (Å²) in [5, 5.41) is 8.90. The number of aromatic nitrogens is 3. The summed E-state index contributed by atoms with van der Waals surface area (Å²) in [4.78, 5) is 22.4. The molecule has 0 aliphatic heterocycles. The predicted molar refractivity (Wildman–Crippen MR) is 71.0 cm³/mol. The lowest BCUT2D eigenvalue weighted by atomic mass is 10.2. The molecule has 20 heavy (non-hydrogen) atoms. The highest BCUT2D eigenvalue weighted by Gasteiger charge is 2.14. The topological polar surface area (TPSA) is 78.9 Å². The molecule has 1 aromatic carbocycles. The zero-order chi connectivity index (χ0) is 14.3. The second-order valence-electron chi connectivity index (χ2n) is 4.40. The number of benzene rings is 1. The molecule has 2 aromatic heterocycles. The van der Waals surface area contributed by atoms with Crippen molar-refractivity contribution >= 4 is 17.0 Å². The van der Waals surface area contributed by atoms with Gasteiger partial charge in [0.2, 0.25) is 0 Å². The third-order valence-corrected chi connectivity index (χ3v) is 2.93. The number of aryl methyl sites for hydroxylation is 1. The first kappa shape index (κ1) is 12.3. The van der Waals surface area contributed by atoms with Gasteiger partial charge in [-0.25, -0.2) is 19.2 Å². The standard InChI is InChI=1S/C14H10FN3O2/c1-7-3-2-4-10(16-7)13-17-11-5-8(14(19)20)9(15)6-12(11)18-13/h2-6H,1H3,(H,17,18)(H,19,20). The highest BCUT2D eigenvalue weighted by atomic mass is 19.1. The second-order valence-corrected chi connectivity index (χ2v) is 4.40. The van der Waals surface area contributed by atoms with E-state index in [4.69, 9.17) is 5.11 Å². The fourth-order valence-corrected chi connectivity index (χ4v) is 1.99. The molecule has 2 heterocycles. The van der Waals surface area contributed by atoms with Crippen LogP contribution in [0.4, 0.5) is 4.39 Å². The lowest BCUT2D eigenvalue weighted by Gasteiger charge is -1.96. The van der Waals surface area contributed by atoms with Gasteiger partial charge in [-0.2, -0.15) is 0 Å². The Balaban J connectivity index is 2.18. The van der Waals surface area contributed by atoms with Crippen molar-refractivity contribution in [2.24, 2.45) is 0 Å². The van der Waals surface area contributed by atoms with E-state index in [1.807, 2.05) is 19.1 Å². The lowest BCUT2D eigenvalue weighted by molar-refractivity contribution is 0.0692. The second kappa shape index (κ2) is 4.41. The number of halogens is 1. The number of aromatic carboxylic acids is 1. The maximum absolute atomic E-state index is 13.6. The minimum absolute atomic E-state index is 0.391. The molecule has 2 N–H and O–H groups in total. The van der Waals surface area contributed by atoms with Crippen LogP contribution < -0.4 is 0 Å². The molecule has 0 aliphatic rings. The van der Waals surface area contributed by atoms with E-state index in [9.17, 15) is 9.18 Å². The average Bonchev–Trinajstić information content (AvgIpc) is 2.80. The molecule has 0 radical (unpaired) electrons. The number of pyridine rings is 1. The van der Waals surface area contributed by atoms with E-state index in [2.05, 4.69) is 15.0 Å². The van der Waals surface area contributed by atoms with Crippen molar-refractivity contribution in [1.82, 2.24) is 15.0 Å². The van der Waals surface area contributed by atoms with Crippen LogP contribution in [0.1, 0.15) is 16.1 Å². The number of H-pyrrole nitrogens is 1. The van der Waals surface area contributed by atoms with E-state index in [0.29, 0.717) is 22.6 Å². The number of fused-ring (bicyclic) bond motifs is 1. The molecular formula is C14H10FN3O2. The van der Waals surface area contributed by atoms with E-state index in [1.54, 1.807) is 6.07 Å². The van der Waals surface area contributed by atoms with Crippen molar-refractivity contribution in [3.8, 4) is 11.5 Å². The summed E-state index contributed by atoms with van der Waals surface area (Å²) in [5.41, 5.74) is 1.89. The van der Waals surface area contributed by atoms with Crippen LogP contribution in [0.5, 0.6) is 0 Å². The van der Waals surface area contributed by atoms with Gasteiger partial charge >= 0.3 is 5.97 Å². The van der Waals surface area contributed by atoms with Gasteiger partial charge in [0.05, 0.1) is 16.6 Å². The Hall–Kier alpha value is -2.76. The largest absolute Gasteiger partial charge is 0.478 e. The third kappa shape index (κ3) is 2.01. The molecular weight excluding hydrogens is 261 g/mol. The molecule has 0 saturated heterocycles. The third-order valence-electron chi connectivity index (χ3n) is 2.93. The van der Waals surface area contributed by atoms with Crippen molar-refractivity contribution in [2.75, 3.05) is 0 Å². The average molecular weight is 271 g/mol. The van der Waals surface area contributed by atoms with Crippen LogP contribution in [0.2, 0.25) is 0 Å². The highest BCUT2D eigenvalue weighted by Crippen LogP contribution is 2.22. The van der Waals surface area contributed by atoms with E-state index >= 15 is 0 Å². The predicted octanol–water partition coefficient (Wildman–Crippen LogP) is 2.77. The Kier molecular flexibility index (Phi) is 2.71. The van der Waals surface area contributed by atoms with Gasteiger partial charge in [0.25, 0.3) is 0 Å². The maximum atomic E-state index is 13.6. The SMILES string of the molecule is Cc1cccc(-c2nc3cc(C(=O)O)c(F)cc3[nH]2)n1. The summed E-state index contributed by atoms with van der Waals surface area (Å²) in [6.07, 6.45) is 0. The number of rotatable bonds is 2. The van der Waals surface area contributed by atoms with Crippen molar-refractivity contribution in [3.05, 3.63) is 47.4 Å². The van der Waals surface area contributed by atoms with Crippen LogP contribution >= 0.6 is 0 Å². The Labute approximate surface area is 113 Å². The molecule has 0 aliphatic carbocycles. The summed E-state index contributed by atoms with van der Waals surface area (Å²) in [6, 6.07) is 7.82. The van der Waals surface area contributed by atoms with Crippen LogP contribution in [-0.4, -0.2) is 26.0 Å². The fraction of sp³-hybridized carbons (Fsp3) is 0.0714. The van der Waals surface area contributed by atoms with Crippen LogP contribution in [0, 0.1) is 12.7 Å². The van der Waals surface area contributed by atoms with Gasteiger partial charge in [-0.15, -0.1) is 0 Å². The van der Waals surface area contributed by atoms with E-state index in [-0.39, 0.29) is 0 Å². The molecule has 0 unspecified atom stereocenters. The zero-order valence-corrected chi connectivity index (χ0v) is 10.5. The number of hydrogen-bond acceptors (Lipinski definition) is 3. The summed E-state index contributed by atoms with van der Waals surface area (Å²) >= 11 is 0. The number of imidazole rings is 1. The maximum Gasteiger partial charge on any atom is 0.338 e. The quantitative estimate of drug-likeness (QED) is 0.751.